The third-order valence-electron chi connectivity index (χ3n) is 2.92. The van der Waals surface area contributed by atoms with Gasteiger partial charge in [0.25, 0.3) is 10.0 Å². The van der Waals surface area contributed by atoms with Crippen LogP contribution in [-0.4, -0.2) is 28.5 Å². The number of sulfonamides is 1. The molecule has 1 aromatic heterocycles. The zero-order chi connectivity index (χ0) is 16.3. The van der Waals surface area contributed by atoms with Gasteiger partial charge >= 0.3 is 5.97 Å². The van der Waals surface area contributed by atoms with Crippen molar-refractivity contribution in [3.05, 3.63) is 47.7 Å². The molecular weight excluding hydrogens is 308 g/mol. The van der Waals surface area contributed by atoms with Gasteiger partial charge in [-0.3, -0.25) is 4.31 Å². The largest absolute Gasteiger partial charge is 0.463 e. The standard InChI is InChI=1S/C14H12N2O5S/c1-16(11-5-3-4-10(8-11)9-15)22(18,19)13-7-6-12(21-13)14(17)20-2/h3-8H,1-2H3. The van der Waals surface area contributed by atoms with Crippen LogP contribution in [0.25, 0.3) is 0 Å². The Balaban J connectivity index is 2.39. The summed E-state index contributed by atoms with van der Waals surface area (Å²) in [5.41, 5.74) is 0.629. The predicted molar refractivity (Wildman–Crippen MR) is 76.8 cm³/mol. The zero-order valence-corrected chi connectivity index (χ0v) is 12.6. The van der Waals surface area contributed by atoms with Crippen LogP contribution >= 0.6 is 0 Å². The average Bonchev–Trinajstić information content (AvgIpc) is 3.04. The fourth-order valence-corrected chi connectivity index (χ4v) is 2.81. The molecule has 1 heterocycles. The topological polar surface area (TPSA) is 101 Å². The lowest BCUT2D eigenvalue weighted by atomic mass is 10.2. The lowest BCUT2D eigenvalue weighted by molar-refractivity contribution is 0.0559. The highest BCUT2D eigenvalue weighted by Crippen LogP contribution is 2.24. The molecule has 1 aromatic carbocycles. The summed E-state index contributed by atoms with van der Waals surface area (Å²) in [4.78, 5) is 11.3. The normalized spacial score (nSPS) is 10.8. The third-order valence-corrected chi connectivity index (χ3v) is 4.58. The van der Waals surface area contributed by atoms with Crippen LogP contribution < -0.4 is 4.31 Å². The molecule has 0 unspecified atom stereocenters. The van der Waals surface area contributed by atoms with Crippen LogP contribution in [0.1, 0.15) is 16.1 Å². The maximum atomic E-state index is 12.5. The number of furan rings is 1. The molecule has 0 atom stereocenters. The molecule has 0 aliphatic carbocycles. The number of esters is 1. The summed E-state index contributed by atoms with van der Waals surface area (Å²) in [5, 5.41) is 8.48. The number of nitriles is 1. The summed E-state index contributed by atoms with van der Waals surface area (Å²) < 4.78 is 35.4. The van der Waals surface area contributed by atoms with Crippen molar-refractivity contribution in [3.8, 4) is 6.07 Å². The molecule has 22 heavy (non-hydrogen) atoms. The Morgan fingerprint density at radius 1 is 1.32 bits per heavy atom. The number of hydrogen-bond donors (Lipinski definition) is 0. The smallest absolute Gasteiger partial charge is 0.374 e. The molecule has 0 aliphatic heterocycles. The first kappa shape index (κ1) is 15.6. The maximum absolute atomic E-state index is 12.5. The van der Waals surface area contributed by atoms with E-state index in [-0.39, 0.29) is 5.76 Å². The number of nitrogens with zero attached hydrogens (tertiary/aromatic N) is 2. The second kappa shape index (κ2) is 5.91. The number of carbonyl (C=O) groups is 1. The molecule has 0 fully saturated rings. The number of ether oxygens (including phenoxy) is 1. The van der Waals surface area contributed by atoms with Crippen LogP contribution in [-0.2, 0) is 14.8 Å². The minimum absolute atomic E-state index is 0.208. The van der Waals surface area contributed by atoms with E-state index in [2.05, 4.69) is 4.74 Å². The molecule has 0 radical (unpaired) electrons. The van der Waals surface area contributed by atoms with Crippen LogP contribution in [0.4, 0.5) is 5.69 Å². The van der Waals surface area contributed by atoms with E-state index in [9.17, 15) is 13.2 Å². The Bertz CT molecular complexity index is 848. The van der Waals surface area contributed by atoms with E-state index in [0.29, 0.717) is 11.3 Å². The van der Waals surface area contributed by atoms with Crippen LogP contribution in [0.5, 0.6) is 0 Å². The van der Waals surface area contributed by atoms with Crippen molar-refractivity contribution in [1.82, 2.24) is 0 Å². The first-order valence-corrected chi connectivity index (χ1v) is 7.51. The molecule has 2 aromatic rings. The molecule has 7 nitrogen and oxygen atoms in total. The Hall–Kier alpha value is -2.79. The minimum atomic E-state index is -3.99. The summed E-state index contributed by atoms with van der Waals surface area (Å²) >= 11 is 0. The van der Waals surface area contributed by atoms with Gasteiger partial charge in [-0.15, -0.1) is 0 Å². The van der Waals surface area contributed by atoms with Gasteiger partial charge in [0, 0.05) is 7.05 Å². The van der Waals surface area contributed by atoms with Gasteiger partial charge in [0.15, 0.2) is 0 Å². The molecule has 0 aliphatic rings. The van der Waals surface area contributed by atoms with Crippen molar-refractivity contribution in [2.45, 2.75) is 5.09 Å². The van der Waals surface area contributed by atoms with Gasteiger partial charge in [-0.05, 0) is 30.3 Å². The number of rotatable bonds is 4. The van der Waals surface area contributed by atoms with Gasteiger partial charge in [-0.1, -0.05) is 6.07 Å². The van der Waals surface area contributed by atoms with E-state index in [1.807, 2.05) is 6.07 Å². The molecule has 0 spiro atoms. The third kappa shape index (κ3) is 2.80. The number of methoxy groups -OCH3 is 1. The fourth-order valence-electron chi connectivity index (χ4n) is 1.71. The minimum Gasteiger partial charge on any atom is -0.463 e. The average molecular weight is 320 g/mol. The molecular formula is C14H12N2O5S. The first-order chi connectivity index (χ1) is 10.4. The van der Waals surface area contributed by atoms with Crippen LogP contribution in [0.2, 0.25) is 0 Å². The van der Waals surface area contributed by atoms with E-state index in [1.54, 1.807) is 18.2 Å². The molecule has 0 saturated carbocycles. The van der Waals surface area contributed by atoms with Crippen LogP contribution in [0.3, 0.4) is 0 Å². The molecule has 2 rings (SSSR count). The quantitative estimate of drug-likeness (QED) is 0.796. The fraction of sp³-hybridized carbons (Fsp3) is 0.143. The molecule has 0 amide bonds. The van der Waals surface area contributed by atoms with Gasteiger partial charge < -0.3 is 9.15 Å². The highest BCUT2D eigenvalue weighted by Gasteiger charge is 2.26. The van der Waals surface area contributed by atoms with Crippen molar-refractivity contribution < 1.29 is 22.4 Å². The highest BCUT2D eigenvalue weighted by molar-refractivity contribution is 7.92. The number of anilines is 1. The van der Waals surface area contributed by atoms with Crippen molar-refractivity contribution in [3.63, 3.8) is 0 Å². The van der Waals surface area contributed by atoms with Gasteiger partial charge in [-0.2, -0.15) is 13.7 Å². The summed E-state index contributed by atoms with van der Waals surface area (Å²) in [6, 6.07) is 10.4. The Kier molecular flexibility index (Phi) is 4.19. The molecule has 114 valence electrons. The van der Waals surface area contributed by atoms with Crippen molar-refractivity contribution in [2.24, 2.45) is 0 Å². The summed E-state index contributed by atoms with van der Waals surface area (Å²) in [6.45, 7) is 0. The number of hydrogen-bond acceptors (Lipinski definition) is 6. The van der Waals surface area contributed by atoms with Gasteiger partial charge in [0.05, 0.1) is 24.4 Å². The molecule has 0 saturated heterocycles. The van der Waals surface area contributed by atoms with E-state index in [0.717, 1.165) is 4.31 Å². The Morgan fingerprint density at radius 2 is 2.05 bits per heavy atom. The second-order valence-electron chi connectivity index (χ2n) is 4.24. The number of benzene rings is 1. The monoisotopic (exact) mass is 320 g/mol. The summed E-state index contributed by atoms with van der Waals surface area (Å²) in [5.74, 6) is -0.976. The van der Waals surface area contributed by atoms with E-state index < -0.39 is 21.1 Å². The van der Waals surface area contributed by atoms with Crippen LogP contribution in [0.15, 0.2) is 45.9 Å². The highest BCUT2D eigenvalue weighted by atomic mass is 32.2. The van der Waals surface area contributed by atoms with Gasteiger partial charge in [-0.25, -0.2) is 4.79 Å². The molecule has 0 bridgehead atoms. The second-order valence-corrected chi connectivity index (χ2v) is 6.15. The predicted octanol–water partition coefficient (Wildman–Crippen LogP) is 1.76. The molecule has 0 N–H and O–H groups in total. The van der Waals surface area contributed by atoms with E-state index in [4.69, 9.17) is 9.68 Å². The van der Waals surface area contributed by atoms with Crippen molar-refractivity contribution in [1.29, 1.82) is 5.26 Å². The van der Waals surface area contributed by atoms with Gasteiger partial charge in [0.2, 0.25) is 10.9 Å². The van der Waals surface area contributed by atoms with E-state index in [1.165, 1.54) is 32.4 Å². The summed E-state index contributed by atoms with van der Waals surface area (Å²) in [6.07, 6.45) is 0. The lowest BCUT2D eigenvalue weighted by Crippen LogP contribution is -2.26. The van der Waals surface area contributed by atoms with Gasteiger partial charge in [0.1, 0.15) is 0 Å². The molecule has 8 heteroatoms. The summed E-state index contributed by atoms with van der Waals surface area (Å²) in [7, 11) is -1.50. The van der Waals surface area contributed by atoms with Crippen molar-refractivity contribution in [2.75, 3.05) is 18.5 Å². The zero-order valence-electron chi connectivity index (χ0n) is 11.8. The van der Waals surface area contributed by atoms with Crippen LogP contribution in [0, 0.1) is 11.3 Å². The lowest BCUT2D eigenvalue weighted by Gasteiger charge is -2.17. The Morgan fingerprint density at radius 3 is 2.68 bits per heavy atom. The number of carbonyl (C=O) groups excluding carboxylic acids is 1. The maximum Gasteiger partial charge on any atom is 0.374 e. The van der Waals surface area contributed by atoms with Crippen molar-refractivity contribution >= 4 is 21.7 Å². The Labute approximate surface area is 127 Å². The SMILES string of the molecule is COC(=O)c1ccc(S(=O)(=O)N(C)c2cccc(C#N)c2)o1. The van der Waals surface area contributed by atoms with E-state index >= 15 is 0 Å². The first-order valence-electron chi connectivity index (χ1n) is 6.07.